The molecule has 6 heteroatoms. The summed E-state index contributed by atoms with van der Waals surface area (Å²) in [6, 6.07) is 5.28. The van der Waals surface area contributed by atoms with E-state index in [1.165, 1.54) is 18.4 Å². The number of ether oxygens (including phenoxy) is 1. The molecule has 0 aliphatic rings. The first-order valence-corrected chi connectivity index (χ1v) is 5.24. The van der Waals surface area contributed by atoms with Gasteiger partial charge in [-0.1, -0.05) is 0 Å². The fraction of sp³-hybridized carbons (Fsp3) is 0.200. The first kappa shape index (κ1) is 12.9. The summed E-state index contributed by atoms with van der Waals surface area (Å²) in [5.74, 6) is -0.334. The van der Waals surface area contributed by atoms with E-state index in [1.54, 1.807) is 18.2 Å². The average Bonchev–Trinajstić information content (AvgIpc) is 2.69. The van der Waals surface area contributed by atoms with Crippen molar-refractivity contribution in [2.75, 3.05) is 7.11 Å². The average molecular weight is 259 g/mol. The molecule has 0 spiro atoms. The SMILES string of the molecule is COC(=O)c1ccc2nc(CN)sc2c1.Cl. The molecule has 86 valence electrons. The first-order chi connectivity index (χ1) is 7.24. The van der Waals surface area contributed by atoms with E-state index >= 15 is 0 Å². The van der Waals surface area contributed by atoms with E-state index < -0.39 is 0 Å². The van der Waals surface area contributed by atoms with Crippen LogP contribution in [0.2, 0.25) is 0 Å². The van der Waals surface area contributed by atoms with E-state index in [4.69, 9.17) is 5.73 Å². The molecule has 4 nitrogen and oxygen atoms in total. The number of carbonyl (C=O) groups excluding carboxylic acids is 1. The van der Waals surface area contributed by atoms with Crippen LogP contribution in [0.25, 0.3) is 10.2 Å². The van der Waals surface area contributed by atoms with Gasteiger partial charge in [0.15, 0.2) is 0 Å². The van der Waals surface area contributed by atoms with Gasteiger partial charge in [0.25, 0.3) is 0 Å². The molecule has 0 aliphatic heterocycles. The highest BCUT2D eigenvalue weighted by atomic mass is 35.5. The highest BCUT2D eigenvalue weighted by Crippen LogP contribution is 2.23. The summed E-state index contributed by atoms with van der Waals surface area (Å²) in [5.41, 5.74) is 6.90. The molecule has 0 saturated heterocycles. The van der Waals surface area contributed by atoms with Crippen molar-refractivity contribution in [2.45, 2.75) is 6.54 Å². The molecule has 0 atom stereocenters. The van der Waals surface area contributed by atoms with Crippen LogP contribution in [-0.4, -0.2) is 18.1 Å². The Kier molecular flexibility index (Phi) is 4.23. The number of thiazole rings is 1. The van der Waals surface area contributed by atoms with Crippen molar-refractivity contribution >= 4 is 39.9 Å². The van der Waals surface area contributed by atoms with Crippen molar-refractivity contribution in [2.24, 2.45) is 5.73 Å². The maximum Gasteiger partial charge on any atom is 0.337 e. The van der Waals surface area contributed by atoms with Crippen LogP contribution >= 0.6 is 23.7 Å². The molecule has 1 aromatic carbocycles. The van der Waals surface area contributed by atoms with Gasteiger partial charge in [-0.3, -0.25) is 0 Å². The van der Waals surface area contributed by atoms with E-state index in [0.717, 1.165) is 15.2 Å². The third-order valence-corrected chi connectivity index (χ3v) is 3.07. The molecule has 0 bridgehead atoms. The number of rotatable bonds is 2. The summed E-state index contributed by atoms with van der Waals surface area (Å²) in [7, 11) is 1.37. The lowest BCUT2D eigenvalue weighted by molar-refractivity contribution is 0.0601. The molecule has 0 radical (unpaired) electrons. The quantitative estimate of drug-likeness (QED) is 0.837. The van der Waals surface area contributed by atoms with E-state index in [1.807, 2.05) is 0 Å². The monoisotopic (exact) mass is 258 g/mol. The van der Waals surface area contributed by atoms with Gasteiger partial charge in [-0.15, -0.1) is 23.7 Å². The minimum Gasteiger partial charge on any atom is -0.465 e. The van der Waals surface area contributed by atoms with Crippen LogP contribution in [-0.2, 0) is 11.3 Å². The zero-order valence-electron chi connectivity index (χ0n) is 8.60. The molecule has 2 N–H and O–H groups in total. The number of halogens is 1. The van der Waals surface area contributed by atoms with Crippen LogP contribution in [0.1, 0.15) is 15.4 Å². The molecule has 0 saturated carbocycles. The van der Waals surface area contributed by atoms with Gasteiger partial charge in [0, 0.05) is 6.54 Å². The second-order valence-electron chi connectivity index (χ2n) is 2.99. The third-order valence-electron chi connectivity index (χ3n) is 2.03. The predicted octanol–water partition coefficient (Wildman–Crippen LogP) is 1.96. The van der Waals surface area contributed by atoms with E-state index in [9.17, 15) is 4.79 Å². The fourth-order valence-electron chi connectivity index (χ4n) is 1.30. The van der Waals surface area contributed by atoms with E-state index in [2.05, 4.69) is 9.72 Å². The van der Waals surface area contributed by atoms with Gasteiger partial charge in [0.2, 0.25) is 0 Å². The summed E-state index contributed by atoms with van der Waals surface area (Å²) in [6.07, 6.45) is 0. The number of esters is 1. The second-order valence-corrected chi connectivity index (χ2v) is 4.10. The summed E-state index contributed by atoms with van der Waals surface area (Å²) >= 11 is 1.50. The van der Waals surface area contributed by atoms with Gasteiger partial charge >= 0.3 is 5.97 Å². The number of aromatic nitrogens is 1. The number of benzene rings is 1. The highest BCUT2D eigenvalue weighted by Gasteiger charge is 2.08. The Bertz CT molecular complexity index is 512. The maximum atomic E-state index is 11.3. The summed E-state index contributed by atoms with van der Waals surface area (Å²) in [5, 5.41) is 0.868. The highest BCUT2D eigenvalue weighted by molar-refractivity contribution is 7.18. The Morgan fingerprint density at radius 2 is 2.31 bits per heavy atom. The van der Waals surface area contributed by atoms with Crippen molar-refractivity contribution in [3.05, 3.63) is 28.8 Å². The normalized spacial score (nSPS) is 9.88. The Morgan fingerprint density at radius 1 is 1.56 bits per heavy atom. The number of methoxy groups -OCH3 is 1. The molecule has 1 aromatic heterocycles. The van der Waals surface area contributed by atoms with Gasteiger partial charge in [-0.2, -0.15) is 0 Å². The number of nitrogens with zero attached hydrogens (tertiary/aromatic N) is 1. The first-order valence-electron chi connectivity index (χ1n) is 4.42. The zero-order valence-corrected chi connectivity index (χ0v) is 10.2. The molecular formula is C10H11ClN2O2S. The van der Waals surface area contributed by atoms with Gasteiger partial charge in [0.1, 0.15) is 5.01 Å². The zero-order chi connectivity index (χ0) is 10.8. The van der Waals surface area contributed by atoms with E-state index in [0.29, 0.717) is 12.1 Å². The number of fused-ring (bicyclic) bond motifs is 1. The number of nitrogens with two attached hydrogens (primary N) is 1. The van der Waals surface area contributed by atoms with Crippen molar-refractivity contribution in [1.82, 2.24) is 4.98 Å². The molecule has 1 heterocycles. The Hall–Kier alpha value is -1.17. The van der Waals surface area contributed by atoms with Crippen LogP contribution < -0.4 is 5.73 Å². The van der Waals surface area contributed by atoms with Gasteiger partial charge in [0.05, 0.1) is 22.9 Å². The van der Waals surface area contributed by atoms with Crippen LogP contribution in [0.4, 0.5) is 0 Å². The largest absolute Gasteiger partial charge is 0.465 e. The van der Waals surface area contributed by atoms with Gasteiger partial charge in [-0.05, 0) is 18.2 Å². The number of hydrogen-bond donors (Lipinski definition) is 1. The van der Waals surface area contributed by atoms with Crippen molar-refractivity contribution in [1.29, 1.82) is 0 Å². The molecule has 0 unspecified atom stereocenters. The maximum absolute atomic E-state index is 11.3. The second kappa shape index (κ2) is 5.25. The van der Waals surface area contributed by atoms with Gasteiger partial charge < -0.3 is 10.5 Å². The standard InChI is InChI=1S/C10H10N2O2S.ClH/c1-14-10(13)6-2-3-7-8(4-6)15-9(5-11)12-7;/h2-4H,5,11H2,1H3;1H. The fourth-order valence-corrected chi connectivity index (χ4v) is 2.19. The Morgan fingerprint density at radius 3 is 2.94 bits per heavy atom. The molecule has 0 aliphatic carbocycles. The minimum absolute atomic E-state index is 0. The van der Waals surface area contributed by atoms with Crippen LogP contribution in [0, 0.1) is 0 Å². The molecular weight excluding hydrogens is 248 g/mol. The molecule has 2 aromatic rings. The summed E-state index contributed by atoms with van der Waals surface area (Å²) in [4.78, 5) is 15.6. The van der Waals surface area contributed by atoms with E-state index in [-0.39, 0.29) is 18.4 Å². The lowest BCUT2D eigenvalue weighted by atomic mass is 10.2. The van der Waals surface area contributed by atoms with Crippen LogP contribution in [0.5, 0.6) is 0 Å². The smallest absolute Gasteiger partial charge is 0.337 e. The Labute approximate surface area is 103 Å². The molecule has 16 heavy (non-hydrogen) atoms. The lowest BCUT2D eigenvalue weighted by Gasteiger charge is -1.97. The van der Waals surface area contributed by atoms with Crippen molar-refractivity contribution in [3.8, 4) is 0 Å². The van der Waals surface area contributed by atoms with Crippen LogP contribution in [0.3, 0.4) is 0 Å². The van der Waals surface area contributed by atoms with Crippen molar-refractivity contribution < 1.29 is 9.53 Å². The number of carbonyl (C=O) groups is 1. The third kappa shape index (κ3) is 2.32. The predicted molar refractivity (Wildman–Crippen MR) is 66.1 cm³/mol. The molecule has 0 fully saturated rings. The minimum atomic E-state index is -0.334. The lowest BCUT2D eigenvalue weighted by Crippen LogP contribution is -1.99. The topological polar surface area (TPSA) is 65.2 Å². The molecule has 2 rings (SSSR count). The van der Waals surface area contributed by atoms with Crippen LogP contribution in [0.15, 0.2) is 18.2 Å². The number of hydrogen-bond acceptors (Lipinski definition) is 5. The van der Waals surface area contributed by atoms with Crippen molar-refractivity contribution in [3.63, 3.8) is 0 Å². The Balaban J connectivity index is 0.00000128. The molecule has 0 amide bonds. The summed E-state index contributed by atoms with van der Waals surface area (Å²) < 4.78 is 5.60. The van der Waals surface area contributed by atoms with Gasteiger partial charge in [-0.25, -0.2) is 9.78 Å². The summed E-state index contributed by atoms with van der Waals surface area (Å²) in [6.45, 7) is 0.424.